The van der Waals surface area contributed by atoms with Gasteiger partial charge in [-0.05, 0) is 12.6 Å². The maximum atomic E-state index is 12.7. The zero-order valence-electron chi connectivity index (χ0n) is 17.1. The average molecular weight is 396 g/mol. The van der Waals surface area contributed by atoms with E-state index < -0.39 is 0 Å². The van der Waals surface area contributed by atoms with Crippen molar-refractivity contribution < 1.29 is 4.79 Å². The zero-order chi connectivity index (χ0) is 20.4. The molecule has 0 radical (unpaired) electrons. The van der Waals surface area contributed by atoms with Gasteiger partial charge in [-0.1, -0.05) is 25.1 Å². The molecule has 1 saturated heterocycles. The Bertz CT molecular complexity index is 1080. The molecule has 1 aromatic carbocycles. The number of fused-ring (bicyclic) bond motifs is 3. The van der Waals surface area contributed by atoms with E-state index in [4.69, 9.17) is 0 Å². The number of hydrogen-bond donors (Lipinski definition) is 1. The van der Waals surface area contributed by atoms with Crippen molar-refractivity contribution in [1.29, 1.82) is 0 Å². The Balaban J connectivity index is 1.47. The van der Waals surface area contributed by atoms with Crippen LogP contribution in [0.2, 0.25) is 0 Å². The number of hydrogen-bond acceptors (Lipinski definition) is 5. The van der Waals surface area contributed by atoms with Crippen LogP contribution >= 0.6 is 0 Å². The van der Waals surface area contributed by atoms with Crippen molar-refractivity contribution >= 4 is 27.7 Å². The molecule has 0 atom stereocenters. The molecule has 2 aromatic heterocycles. The predicted molar refractivity (Wildman–Crippen MR) is 114 cm³/mol. The molecule has 1 amide bonds. The van der Waals surface area contributed by atoms with E-state index in [9.17, 15) is 9.59 Å². The quantitative estimate of drug-likeness (QED) is 0.662. The minimum Gasteiger partial charge on any atom is -0.353 e. The maximum Gasteiger partial charge on any atom is 0.291 e. The summed E-state index contributed by atoms with van der Waals surface area (Å²) in [6.07, 6.45) is 1.70. The van der Waals surface area contributed by atoms with Gasteiger partial charge in [-0.15, -0.1) is 0 Å². The predicted octanol–water partition coefficient (Wildman–Crippen LogP) is 0.642. The Morgan fingerprint density at radius 2 is 1.83 bits per heavy atom. The van der Waals surface area contributed by atoms with Crippen LogP contribution in [0, 0.1) is 0 Å². The smallest absolute Gasteiger partial charge is 0.291 e. The Hall–Kier alpha value is -2.71. The number of carbonyl (C=O) groups excluding carboxylic acids is 1. The van der Waals surface area contributed by atoms with Crippen molar-refractivity contribution in [2.75, 3.05) is 45.8 Å². The molecule has 154 valence electrons. The number of amides is 1. The van der Waals surface area contributed by atoms with Gasteiger partial charge in [-0.2, -0.15) is 5.10 Å². The fraction of sp³-hybridized carbons (Fsp3) is 0.476. The fourth-order valence-electron chi connectivity index (χ4n) is 4.09. The lowest BCUT2D eigenvalue weighted by molar-refractivity contribution is -0.121. The molecule has 1 aliphatic rings. The highest BCUT2D eigenvalue weighted by atomic mass is 16.2. The van der Waals surface area contributed by atoms with Crippen LogP contribution in [0.4, 0.5) is 0 Å². The summed E-state index contributed by atoms with van der Waals surface area (Å²) in [6.45, 7) is 9.12. The van der Waals surface area contributed by atoms with Gasteiger partial charge in [0.2, 0.25) is 5.91 Å². The molecular weight excluding hydrogens is 368 g/mol. The number of nitrogens with one attached hydrogen (secondary N) is 1. The standard InChI is InChI=1S/C21H28N6O2/c1-3-25-10-12-26(13-11-25)9-8-22-19(28)15-27-18-7-5-4-6-16(18)17-14-23-24(2)21(29)20(17)27/h4-7,14H,3,8-13,15H2,1-2H3,(H,22,28). The summed E-state index contributed by atoms with van der Waals surface area (Å²) in [4.78, 5) is 30.2. The summed E-state index contributed by atoms with van der Waals surface area (Å²) in [7, 11) is 1.63. The number of nitrogens with zero attached hydrogens (tertiary/aromatic N) is 5. The molecule has 29 heavy (non-hydrogen) atoms. The summed E-state index contributed by atoms with van der Waals surface area (Å²) in [6, 6.07) is 7.75. The first-order valence-corrected chi connectivity index (χ1v) is 10.2. The lowest BCUT2D eigenvalue weighted by atomic mass is 10.2. The first kappa shape index (κ1) is 19.6. The Morgan fingerprint density at radius 3 is 2.59 bits per heavy atom. The van der Waals surface area contributed by atoms with E-state index in [1.54, 1.807) is 13.2 Å². The SMILES string of the molecule is CCN1CCN(CCNC(=O)Cn2c3ccccc3c3cnn(C)c(=O)c32)CC1. The molecule has 0 bridgehead atoms. The molecule has 0 saturated carbocycles. The van der Waals surface area contributed by atoms with Crippen molar-refractivity contribution in [3.05, 3.63) is 40.8 Å². The second-order valence-electron chi connectivity index (χ2n) is 7.56. The van der Waals surface area contributed by atoms with Gasteiger partial charge in [-0.3, -0.25) is 14.5 Å². The van der Waals surface area contributed by atoms with Gasteiger partial charge in [0.1, 0.15) is 12.1 Å². The second kappa shape index (κ2) is 8.34. The molecule has 3 aromatic rings. The molecule has 1 fully saturated rings. The van der Waals surface area contributed by atoms with Crippen LogP contribution in [0.3, 0.4) is 0 Å². The van der Waals surface area contributed by atoms with E-state index in [1.165, 1.54) is 4.68 Å². The number of rotatable bonds is 6. The number of carbonyl (C=O) groups is 1. The van der Waals surface area contributed by atoms with Gasteiger partial charge in [0.05, 0.1) is 6.20 Å². The van der Waals surface area contributed by atoms with Crippen LogP contribution in [0.1, 0.15) is 6.92 Å². The summed E-state index contributed by atoms with van der Waals surface area (Å²) in [5.41, 5.74) is 1.20. The van der Waals surface area contributed by atoms with Crippen molar-refractivity contribution in [1.82, 2.24) is 29.5 Å². The summed E-state index contributed by atoms with van der Waals surface area (Å²) in [5, 5.41) is 8.88. The topological polar surface area (TPSA) is 75.4 Å². The highest BCUT2D eigenvalue weighted by Crippen LogP contribution is 2.25. The molecule has 1 aliphatic heterocycles. The van der Waals surface area contributed by atoms with Crippen LogP contribution in [0.15, 0.2) is 35.3 Å². The van der Waals surface area contributed by atoms with Gasteiger partial charge in [0.15, 0.2) is 0 Å². The Labute approximate surface area is 169 Å². The molecule has 3 heterocycles. The van der Waals surface area contributed by atoms with Gasteiger partial charge >= 0.3 is 0 Å². The molecule has 0 unspecified atom stereocenters. The largest absolute Gasteiger partial charge is 0.353 e. The van der Waals surface area contributed by atoms with Gasteiger partial charge in [0.25, 0.3) is 5.56 Å². The van der Waals surface area contributed by atoms with E-state index in [2.05, 4.69) is 27.1 Å². The lowest BCUT2D eigenvalue weighted by Gasteiger charge is -2.33. The molecule has 4 rings (SSSR count). The van der Waals surface area contributed by atoms with Gasteiger partial charge in [0, 0.05) is 62.6 Å². The number of para-hydroxylation sites is 1. The zero-order valence-corrected chi connectivity index (χ0v) is 17.1. The van der Waals surface area contributed by atoms with E-state index >= 15 is 0 Å². The Morgan fingerprint density at radius 1 is 1.10 bits per heavy atom. The third-order valence-electron chi connectivity index (χ3n) is 5.83. The van der Waals surface area contributed by atoms with Crippen molar-refractivity contribution in [3.63, 3.8) is 0 Å². The minimum atomic E-state index is -0.194. The van der Waals surface area contributed by atoms with Crippen LogP contribution in [0.25, 0.3) is 21.8 Å². The molecule has 8 nitrogen and oxygen atoms in total. The molecule has 8 heteroatoms. The molecule has 1 N–H and O–H groups in total. The highest BCUT2D eigenvalue weighted by molar-refractivity contribution is 6.07. The van der Waals surface area contributed by atoms with Crippen molar-refractivity contribution in [2.24, 2.45) is 7.05 Å². The van der Waals surface area contributed by atoms with Crippen LogP contribution in [-0.2, 0) is 18.4 Å². The minimum absolute atomic E-state index is 0.0845. The van der Waals surface area contributed by atoms with Crippen LogP contribution in [-0.4, -0.2) is 75.9 Å². The monoisotopic (exact) mass is 396 g/mol. The van der Waals surface area contributed by atoms with E-state index in [-0.39, 0.29) is 18.0 Å². The molecule has 0 spiro atoms. The first-order chi connectivity index (χ1) is 14.1. The fourth-order valence-corrected chi connectivity index (χ4v) is 4.09. The lowest BCUT2D eigenvalue weighted by Crippen LogP contribution is -2.48. The van der Waals surface area contributed by atoms with Crippen molar-refractivity contribution in [3.8, 4) is 0 Å². The van der Waals surface area contributed by atoms with Gasteiger partial charge < -0.3 is 14.8 Å². The highest BCUT2D eigenvalue weighted by Gasteiger charge is 2.18. The number of piperazine rings is 1. The van der Waals surface area contributed by atoms with E-state index in [1.807, 2.05) is 28.8 Å². The summed E-state index contributed by atoms with van der Waals surface area (Å²) in [5.74, 6) is -0.0845. The first-order valence-electron chi connectivity index (χ1n) is 10.2. The van der Waals surface area contributed by atoms with Crippen molar-refractivity contribution in [2.45, 2.75) is 13.5 Å². The van der Waals surface area contributed by atoms with E-state index in [0.29, 0.717) is 12.1 Å². The Kier molecular flexibility index (Phi) is 5.64. The third-order valence-corrected chi connectivity index (χ3v) is 5.83. The summed E-state index contributed by atoms with van der Waals surface area (Å²) >= 11 is 0. The summed E-state index contributed by atoms with van der Waals surface area (Å²) < 4.78 is 3.12. The maximum absolute atomic E-state index is 12.7. The molecular formula is C21H28N6O2. The van der Waals surface area contributed by atoms with Gasteiger partial charge in [-0.25, -0.2) is 4.68 Å². The number of aromatic nitrogens is 3. The second-order valence-corrected chi connectivity index (χ2v) is 7.56. The van der Waals surface area contributed by atoms with Crippen LogP contribution in [0.5, 0.6) is 0 Å². The normalized spacial score (nSPS) is 15.9. The van der Waals surface area contributed by atoms with E-state index in [0.717, 1.165) is 55.6 Å². The number of benzene rings is 1. The number of aryl methyl sites for hydroxylation is 1. The average Bonchev–Trinajstić information content (AvgIpc) is 3.05. The van der Waals surface area contributed by atoms with Crippen LogP contribution < -0.4 is 10.9 Å². The number of likely N-dealkylation sites (N-methyl/N-ethyl adjacent to an activating group) is 1. The third kappa shape index (κ3) is 3.90. The molecule has 0 aliphatic carbocycles.